The van der Waals surface area contributed by atoms with Crippen LogP contribution < -0.4 is 11.1 Å². The fraction of sp³-hybridized carbons (Fsp3) is 0.462. The van der Waals surface area contributed by atoms with E-state index >= 15 is 0 Å². The van der Waals surface area contributed by atoms with Crippen LogP contribution in [0.2, 0.25) is 0 Å². The molecule has 0 aromatic heterocycles. The van der Waals surface area contributed by atoms with Gasteiger partial charge in [-0.3, -0.25) is 4.79 Å². The lowest BCUT2D eigenvalue weighted by molar-refractivity contribution is -0.123. The summed E-state index contributed by atoms with van der Waals surface area (Å²) in [5, 5.41) is 2.90. The number of carbonyl (C=O) groups is 1. The van der Waals surface area contributed by atoms with Gasteiger partial charge < -0.3 is 15.8 Å². The Labute approximate surface area is 116 Å². The van der Waals surface area contributed by atoms with E-state index in [4.69, 9.17) is 10.5 Å². The Morgan fingerprint density at radius 3 is 2.72 bits per heavy atom. The van der Waals surface area contributed by atoms with Crippen molar-refractivity contribution in [2.45, 2.75) is 20.5 Å². The van der Waals surface area contributed by atoms with Crippen LogP contribution >= 0.6 is 15.9 Å². The second kappa shape index (κ2) is 6.31. The molecule has 1 aromatic rings. The van der Waals surface area contributed by atoms with Crippen molar-refractivity contribution in [3.8, 4) is 0 Å². The van der Waals surface area contributed by atoms with E-state index in [9.17, 15) is 4.79 Å². The zero-order chi connectivity index (χ0) is 13.8. The molecule has 0 saturated carbocycles. The molecule has 5 heteroatoms. The minimum absolute atomic E-state index is 0.0968. The summed E-state index contributed by atoms with van der Waals surface area (Å²) in [6.07, 6.45) is 0. The third-order valence-corrected chi connectivity index (χ3v) is 3.52. The Kier molecular flexibility index (Phi) is 5.31. The predicted molar refractivity (Wildman–Crippen MR) is 76.3 cm³/mol. The Morgan fingerprint density at radius 1 is 1.50 bits per heavy atom. The number of methoxy groups -OCH3 is 1. The van der Waals surface area contributed by atoms with Gasteiger partial charge in [-0.1, -0.05) is 22.0 Å². The number of ether oxygens (including phenoxy) is 1. The maximum Gasteiger partial charge on any atom is 0.231 e. The van der Waals surface area contributed by atoms with Gasteiger partial charge in [0.15, 0.2) is 0 Å². The van der Waals surface area contributed by atoms with Crippen LogP contribution in [0.25, 0.3) is 0 Å². The molecule has 0 aliphatic rings. The smallest absolute Gasteiger partial charge is 0.231 e. The number of carbonyl (C=O) groups excluding carboxylic acids is 1. The monoisotopic (exact) mass is 314 g/mol. The molecule has 0 aliphatic carbocycles. The molecule has 0 heterocycles. The summed E-state index contributed by atoms with van der Waals surface area (Å²) >= 11 is 3.45. The number of halogens is 1. The van der Waals surface area contributed by atoms with E-state index < -0.39 is 5.41 Å². The van der Waals surface area contributed by atoms with E-state index in [1.54, 1.807) is 7.11 Å². The van der Waals surface area contributed by atoms with Crippen molar-refractivity contribution in [3.05, 3.63) is 28.2 Å². The van der Waals surface area contributed by atoms with Crippen LogP contribution in [-0.2, 0) is 16.1 Å². The van der Waals surface area contributed by atoms with Gasteiger partial charge in [0.25, 0.3) is 0 Å². The van der Waals surface area contributed by atoms with E-state index in [2.05, 4.69) is 21.2 Å². The largest absolute Gasteiger partial charge is 0.380 e. The van der Waals surface area contributed by atoms with Crippen molar-refractivity contribution in [3.63, 3.8) is 0 Å². The number of nitrogens with one attached hydrogen (secondary N) is 1. The van der Waals surface area contributed by atoms with Gasteiger partial charge in [-0.25, -0.2) is 0 Å². The zero-order valence-electron chi connectivity index (χ0n) is 10.9. The molecule has 0 fully saturated rings. The highest BCUT2D eigenvalue weighted by atomic mass is 79.9. The Balaban J connectivity index is 2.97. The molecule has 0 aliphatic heterocycles. The quantitative estimate of drug-likeness (QED) is 0.877. The number of anilines is 1. The first kappa shape index (κ1) is 15.1. The molecule has 0 atom stereocenters. The van der Waals surface area contributed by atoms with E-state index in [0.717, 1.165) is 15.7 Å². The van der Waals surface area contributed by atoms with Gasteiger partial charge in [-0.05, 0) is 26.0 Å². The molecule has 0 unspecified atom stereocenters. The van der Waals surface area contributed by atoms with Crippen molar-refractivity contribution < 1.29 is 9.53 Å². The number of rotatable bonds is 5. The average Bonchev–Trinajstić information content (AvgIpc) is 2.33. The summed E-state index contributed by atoms with van der Waals surface area (Å²) in [6, 6.07) is 5.63. The standard InChI is InChI=1S/C13H19BrN2O2/c1-13(2,8-15)12(17)16-11-6-4-5-10(14)9(11)7-18-3/h4-6H,7-8,15H2,1-3H3,(H,16,17). The SMILES string of the molecule is COCc1c(Br)cccc1NC(=O)C(C)(C)CN. The van der Waals surface area contributed by atoms with Crippen molar-refractivity contribution >= 4 is 27.5 Å². The summed E-state index contributed by atoms with van der Waals surface area (Å²) in [4.78, 5) is 12.1. The molecule has 0 bridgehead atoms. The highest BCUT2D eigenvalue weighted by Gasteiger charge is 2.26. The van der Waals surface area contributed by atoms with Crippen LogP contribution in [0.1, 0.15) is 19.4 Å². The van der Waals surface area contributed by atoms with Gasteiger partial charge in [0, 0.05) is 29.4 Å². The van der Waals surface area contributed by atoms with Crippen LogP contribution in [-0.4, -0.2) is 19.6 Å². The Bertz CT molecular complexity index is 433. The maximum atomic E-state index is 12.1. The van der Waals surface area contributed by atoms with Gasteiger partial charge in [-0.15, -0.1) is 0 Å². The van der Waals surface area contributed by atoms with Gasteiger partial charge in [0.1, 0.15) is 0 Å². The van der Waals surface area contributed by atoms with Crippen LogP contribution in [0.5, 0.6) is 0 Å². The first-order valence-electron chi connectivity index (χ1n) is 5.70. The van der Waals surface area contributed by atoms with Crippen molar-refractivity contribution in [1.82, 2.24) is 0 Å². The summed E-state index contributed by atoms with van der Waals surface area (Å²) < 4.78 is 6.05. The summed E-state index contributed by atoms with van der Waals surface area (Å²) in [6.45, 7) is 4.36. The fourth-order valence-corrected chi connectivity index (χ4v) is 1.83. The first-order chi connectivity index (χ1) is 8.42. The lowest BCUT2D eigenvalue weighted by Gasteiger charge is -2.22. The van der Waals surface area contributed by atoms with E-state index in [0.29, 0.717) is 13.2 Å². The highest BCUT2D eigenvalue weighted by Crippen LogP contribution is 2.27. The minimum Gasteiger partial charge on any atom is -0.380 e. The third kappa shape index (κ3) is 3.54. The van der Waals surface area contributed by atoms with E-state index in [1.807, 2.05) is 32.0 Å². The molecule has 4 nitrogen and oxygen atoms in total. The molecular weight excluding hydrogens is 296 g/mol. The molecule has 100 valence electrons. The molecule has 1 aromatic carbocycles. The molecule has 18 heavy (non-hydrogen) atoms. The molecule has 0 spiro atoms. The molecule has 1 amide bonds. The zero-order valence-corrected chi connectivity index (χ0v) is 12.5. The van der Waals surface area contributed by atoms with Gasteiger partial charge in [0.05, 0.1) is 12.0 Å². The van der Waals surface area contributed by atoms with E-state index in [1.165, 1.54) is 0 Å². The van der Waals surface area contributed by atoms with Crippen LogP contribution in [0, 0.1) is 5.41 Å². The molecular formula is C13H19BrN2O2. The van der Waals surface area contributed by atoms with Crippen molar-refractivity contribution in [2.75, 3.05) is 19.0 Å². The van der Waals surface area contributed by atoms with Gasteiger partial charge >= 0.3 is 0 Å². The molecule has 3 N–H and O–H groups in total. The summed E-state index contributed by atoms with van der Waals surface area (Å²) in [5.41, 5.74) is 6.67. The second-order valence-electron chi connectivity index (χ2n) is 4.74. The van der Waals surface area contributed by atoms with Crippen LogP contribution in [0.15, 0.2) is 22.7 Å². The molecule has 1 rings (SSSR count). The highest BCUT2D eigenvalue weighted by molar-refractivity contribution is 9.10. The van der Waals surface area contributed by atoms with Gasteiger partial charge in [0.2, 0.25) is 5.91 Å². The maximum absolute atomic E-state index is 12.1. The average molecular weight is 315 g/mol. The predicted octanol–water partition coefficient (Wildman–Crippen LogP) is 2.52. The summed E-state index contributed by atoms with van der Waals surface area (Å²) in [7, 11) is 1.62. The normalized spacial score (nSPS) is 11.4. The van der Waals surface area contributed by atoms with E-state index in [-0.39, 0.29) is 5.91 Å². The number of benzene rings is 1. The second-order valence-corrected chi connectivity index (χ2v) is 5.60. The minimum atomic E-state index is -0.591. The van der Waals surface area contributed by atoms with Crippen LogP contribution in [0.4, 0.5) is 5.69 Å². The number of hydrogen-bond acceptors (Lipinski definition) is 3. The molecule has 0 radical (unpaired) electrons. The number of nitrogens with two attached hydrogens (primary N) is 1. The van der Waals surface area contributed by atoms with Gasteiger partial charge in [-0.2, -0.15) is 0 Å². The van der Waals surface area contributed by atoms with Crippen molar-refractivity contribution in [2.24, 2.45) is 11.1 Å². The Hall–Kier alpha value is -0.910. The first-order valence-corrected chi connectivity index (χ1v) is 6.49. The van der Waals surface area contributed by atoms with Crippen molar-refractivity contribution in [1.29, 1.82) is 0 Å². The molecule has 0 saturated heterocycles. The Morgan fingerprint density at radius 2 is 2.17 bits per heavy atom. The topological polar surface area (TPSA) is 64.3 Å². The lowest BCUT2D eigenvalue weighted by atomic mass is 9.92. The van der Waals surface area contributed by atoms with Crippen LogP contribution in [0.3, 0.4) is 0 Å². The third-order valence-electron chi connectivity index (χ3n) is 2.78. The summed E-state index contributed by atoms with van der Waals surface area (Å²) in [5.74, 6) is -0.0968. The fourth-order valence-electron chi connectivity index (χ4n) is 1.35. The lowest BCUT2D eigenvalue weighted by Crippen LogP contribution is -2.37. The number of hydrogen-bond donors (Lipinski definition) is 2. The number of amides is 1.